The maximum Gasteiger partial charge on any atom is 0.333 e. The monoisotopic (exact) mass is 640 g/mol. The molecule has 0 aliphatic rings. The highest BCUT2D eigenvalue weighted by molar-refractivity contribution is 5.90. The van der Waals surface area contributed by atoms with Gasteiger partial charge in [-0.15, -0.1) is 0 Å². The molecule has 0 rings (SSSR count). The molecule has 0 aliphatic heterocycles. The Morgan fingerprint density at radius 3 is 1.60 bits per heavy atom. The molecule has 0 aromatic heterocycles. The van der Waals surface area contributed by atoms with E-state index in [-0.39, 0.29) is 35.9 Å². The molecule has 260 valence electrons. The molecule has 0 fully saturated rings. The first-order valence-electron chi connectivity index (χ1n) is 15.7. The van der Waals surface area contributed by atoms with Crippen LogP contribution in [-0.4, -0.2) is 86.2 Å². The predicted molar refractivity (Wildman–Crippen MR) is 175 cm³/mol. The van der Waals surface area contributed by atoms with Gasteiger partial charge in [0.1, 0.15) is 0 Å². The number of hydrogen-bond acceptors (Lipinski definition) is 9. The van der Waals surface area contributed by atoms with E-state index in [0.717, 1.165) is 12.8 Å². The maximum absolute atomic E-state index is 12.4. The molecule has 2 N–H and O–H groups in total. The third kappa shape index (κ3) is 18.1. The molecule has 0 aromatic carbocycles. The third-order valence-electron chi connectivity index (χ3n) is 7.07. The van der Waals surface area contributed by atoms with Crippen molar-refractivity contribution >= 4 is 23.8 Å². The van der Waals surface area contributed by atoms with Gasteiger partial charge >= 0.3 is 11.9 Å². The van der Waals surface area contributed by atoms with Crippen LogP contribution in [-0.2, 0) is 42.9 Å². The Kier molecular flexibility index (Phi) is 17.9. The van der Waals surface area contributed by atoms with Crippen LogP contribution < -0.4 is 10.6 Å². The average Bonchev–Trinajstić information content (AvgIpc) is 2.91. The molecule has 11 heteroatoms. The minimum absolute atomic E-state index is 0.140. The van der Waals surface area contributed by atoms with Gasteiger partial charge in [-0.05, 0) is 93.4 Å². The molecule has 0 heterocycles. The van der Waals surface area contributed by atoms with E-state index < -0.39 is 53.6 Å². The first kappa shape index (κ1) is 42.2. The summed E-state index contributed by atoms with van der Waals surface area (Å²) in [5, 5.41) is 5.73. The quantitative estimate of drug-likeness (QED) is 0.119. The van der Waals surface area contributed by atoms with E-state index in [1.54, 1.807) is 0 Å². The van der Waals surface area contributed by atoms with Crippen molar-refractivity contribution in [2.45, 2.75) is 125 Å². The number of rotatable bonds is 23. The highest BCUT2D eigenvalue weighted by Crippen LogP contribution is 2.40. The van der Waals surface area contributed by atoms with Crippen molar-refractivity contribution < 1.29 is 42.9 Å². The van der Waals surface area contributed by atoms with E-state index in [1.807, 2.05) is 34.6 Å². The van der Waals surface area contributed by atoms with Gasteiger partial charge in [0.25, 0.3) is 11.8 Å². The second-order valence-corrected chi connectivity index (χ2v) is 13.8. The molecule has 2 atom stereocenters. The highest BCUT2D eigenvalue weighted by Gasteiger charge is 2.39. The number of ether oxygens (including phenoxy) is 5. The molecule has 2 amide bonds. The van der Waals surface area contributed by atoms with E-state index >= 15 is 0 Å². The Labute approximate surface area is 271 Å². The van der Waals surface area contributed by atoms with Gasteiger partial charge in [-0.2, -0.15) is 0 Å². The van der Waals surface area contributed by atoms with Crippen LogP contribution in [0.5, 0.6) is 0 Å². The van der Waals surface area contributed by atoms with Crippen LogP contribution in [0.1, 0.15) is 102 Å². The van der Waals surface area contributed by atoms with Crippen LogP contribution in [0.2, 0.25) is 0 Å². The molecular formula is C34H60N2O9. The summed E-state index contributed by atoms with van der Waals surface area (Å²) in [7, 11) is 0. The van der Waals surface area contributed by atoms with Crippen LogP contribution in [0.4, 0.5) is 0 Å². The largest absolute Gasteiger partial charge is 0.452 e. The Bertz CT molecular complexity index is 1020. The van der Waals surface area contributed by atoms with Crippen molar-refractivity contribution in [3.63, 3.8) is 0 Å². The van der Waals surface area contributed by atoms with Crippen molar-refractivity contribution in [2.24, 2.45) is 5.41 Å². The summed E-state index contributed by atoms with van der Waals surface area (Å²) in [4.78, 5) is 48.1. The zero-order valence-corrected chi connectivity index (χ0v) is 29.7. The van der Waals surface area contributed by atoms with Crippen LogP contribution in [0.15, 0.2) is 24.3 Å². The van der Waals surface area contributed by atoms with Gasteiger partial charge in [0, 0.05) is 17.8 Å². The fourth-order valence-corrected chi connectivity index (χ4v) is 4.96. The lowest BCUT2D eigenvalue weighted by Gasteiger charge is -2.42. The lowest BCUT2D eigenvalue weighted by molar-refractivity contribution is -0.146. The number of amides is 2. The van der Waals surface area contributed by atoms with Gasteiger partial charge in [-0.1, -0.05) is 27.0 Å². The van der Waals surface area contributed by atoms with Gasteiger partial charge in [0.15, 0.2) is 13.2 Å². The predicted octanol–water partition coefficient (Wildman–Crippen LogP) is 4.82. The van der Waals surface area contributed by atoms with Crippen molar-refractivity contribution in [2.75, 3.05) is 39.6 Å². The normalized spacial score (nSPS) is 14.1. The van der Waals surface area contributed by atoms with E-state index in [2.05, 4.69) is 51.5 Å². The Morgan fingerprint density at radius 2 is 1.20 bits per heavy atom. The minimum atomic E-state index is -0.719. The molecule has 0 radical (unpaired) electrons. The zero-order valence-electron chi connectivity index (χ0n) is 29.7. The van der Waals surface area contributed by atoms with Crippen molar-refractivity contribution in [1.29, 1.82) is 0 Å². The summed E-state index contributed by atoms with van der Waals surface area (Å²) in [6, 6.07) is 0. The summed E-state index contributed by atoms with van der Waals surface area (Å²) in [6.45, 7) is 28.4. The number of esters is 2. The van der Waals surface area contributed by atoms with Gasteiger partial charge < -0.3 is 34.3 Å². The molecule has 2 unspecified atom stereocenters. The second-order valence-electron chi connectivity index (χ2n) is 13.8. The summed E-state index contributed by atoms with van der Waals surface area (Å²) < 4.78 is 28.7. The lowest BCUT2D eigenvalue weighted by atomic mass is 9.72. The number of carbonyl (C=O) groups is 4. The topological polar surface area (TPSA) is 138 Å². The highest BCUT2D eigenvalue weighted by atomic mass is 16.5. The number of nitrogens with one attached hydrogen (secondary N) is 2. The second kappa shape index (κ2) is 19.0. The van der Waals surface area contributed by atoms with Crippen LogP contribution in [0, 0.1) is 5.41 Å². The molecule has 0 saturated carbocycles. The van der Waals surface area contributed by atoms with E-state index in [4.69, 9.17) is 23.7 Å². The maximum atomic E-state index is 12.4. The van der Waals surface area contributed by atoms with Gasteiger partial charge in [-0.25, -0.2) is 9.59 Å². The van der Waals surface area contributed by atoms with Crippen molar-refractivity contribution in [3.05, 3.63) is 24.3 Å². The molecule has 0 saturated heterocycles. The molecule has 0 bridgehead atoms. The summed E-state index contributed by atoms with van der Waals surface area (Å²) in [5.74, 6) is -2.09. The smallest absolute Gasteiger partial charge is 0.333 e. The number of hydrogen-bond donors (Lipinski definition) is 2. The van der Waals surface area contributed by atoms with Crippen molar-refractivity contribution in [1.82, 2.24) is 10.6 Å². The first-order valence-corrected chi connectivity index (χ1v) is 15.7. The Hall–Kier alpha value is -2.76. The zero-order chi connectivity index (χ0) is 35.1. The first-order chi connectivity index (χ1) is 20.6. The SMILES string of the molecule is C=C(C)C(=O)OCC(=O)NC(C)(C)COCC(CC)(CC(CC)OCC(C)(C)NC(=O)COC(=O)C(=C)C)CC(C)(C)OCC. The van der Waals surface area contributed by atoms with E-state index in [1.165, 1.54) is 13.8 Å². The molecular weight excluding hydrogens is 580 g/mol. The molecule has 0 aromatic rings. The summed E-state index contributed by atoms with van der Waals surface area (Å²) >= 11 is 0. The molecule has 11 nitrogen and oxygen atoms in total. The van der Waals surface area contributed by atoms with E-state index in [9.17, 15) is 19.2 Å². The van der Waals surface area contributed by atoms with Gasteiger partial charge in [0.2, 0.25) is 0 Å². The van der Waals surface area contributed by atoms with Crippen LogP contribution >= 0.6 is 0 Å². The molecule has 0 spiro atoms. The fraction of sp³-hybridized carbons (Fsp3) is 0.765. The third-order valence-corrected chi connectivity index (χ3v) is 7.07. The average molecular weight is 641 g/mol. The summed E-state index contributed by atoms with van der Waals surface area (Å²) in [5.41, 5.74) is -1.72. The minimum Gasteiger partial charge on any atom is -0.452 e. The van der Waals surface area contributed by atoms with Crippen LogP contribution in [0.3, 0.4) is 0 Å². The fourth-order valence-electron chi connectivity index (χ4n) is 4.96. The molecule has 45 heavy (non-hydrogen) atoms. The van der Waals surface area contributed by atoms with Gasteiger partial charge in [0.05, 0.1) is 42.6 Å². The standard InChI is InChI=1S/C34H60N2O9/c1-14-26(44-22-32(10,11)36-28(38)19-43-30(40)25(6)7)17-34(15-2,20-33(12,13)45-16-3)23-41-21-31(8,9)35-27(37)18-42-29(39)24(4)5/h26H,4,6,14-23H2,1-3,5,7-13H3,(H,35,37)(H,36,38). The van der Waals surface area contributed by atoms with Gasteiger partial charge in [-0.3, -0.25) is 9.59 Å². The molecule has 0 aliphatic carbocycles. The number of carbonyl (C=O) groups excluding carboxylic acids is 4. The van der Waals surface area contributed by atoms with Crippen LogP contribution in [0.25, 0.3) is 0 Å². The summed E-state index contributed by atoms with van der Waals surface area (Å²) in [6.07, 6.45) is 2.78. The van der Waals surface area contributed by atoms with E-state index in [0.29, 0.717) is 26.1 Å². The lowest BCUT2D eigenvalue weighted by Crippen LogP contribution is -2.50. The Morgan fingerprint density at radius 1 is 0.733 bits per heavy atom. The van der Waals surface area contributed by atoms with Crippen molar-refractivity contribution in [3.8, 4) is 0 Å². The Balaban J connectivity index is 5.52.